The number of morpholine rings is 1. The van der Waals surface area contributed by atoms with Gasteiger partial charge in [-0.2, -0.15) is 0 Å². The van der Waals surface area contributed by atoms with Crippen molar-refractivity contribution >= 4 is 11.6 Å². The molecule has 18 heavy (non-hydrogen) atoms. The summed E-state index contributed by atoms with van der Waals surface area (Å²) >= 11 is 0. The van der Waals surface area contributed by atoms with Crippen molar-refractivity contribution in [2.24, 2.45) is 0 Å². The highest BCUT2D eigenvalue weighted by Crippen LogP contribution is 2.37. The summed E-state index contributed by atoms with van der Waals surface area (Å²) in [5, 5.41) is 3.33. The van der Waals surface area contributed by atoms with Crippen LogP contribution < -0.4 is 10.2 Å². The van der Waals surface area contributed by atoms with Crippen LogP contribution in [0.1, 0.15) is 30.1 Å². The fourth-order valence-corrected chi connectivity index (χ4v) is 2.75. The van der Waals surface area contributed by atoms with Crippen molar-refractivity contribution in [3.63, 3.8) is 0 Å². The number of hydrogen-bond donors (Lipinski definition) is 1. The van der Waals surface area contributed by atoms with Crippen LogP contribution in [0.2, 0.25) is 0 Å². The summed E-state index contributed by atoms with van der Waals surface area (Å²) in [4.78, 5) is 13.7. The summed E-state index contributed by atoms with van der Waals surface area (Å²) < 4.78 is 5.75. The summed E-state index contributed by atoms with van der Waals surface area (Å²) in [7, 11) is 1.84. The molecule has 1 fully saturated rings. The third-order valence-corrected chi connectivity index (χ3v) is 3.88. The van der Waals surface area contributed by atoms with E-state index in [1.165, 1.54) is 0 Å². The summed E-state index contributed by atoms with van der Waals surface area (Å²) in [6.45, 7) is 4.47. The number of rotatable bonds is 1. The van der Waals surface area contributed by atoms with Gasteiger partial charge in [0.05, 0.1) is 18.6 Å². The first-order valence-corrected chi connectivity index (χ1v) is 6.42. The Bertz CT molecular complexity index is 481. The molecule has 2 aliphatic rings. The van der Waals surface area contributed by atoms with Crippen LogP contribution in [-0.2, 0) is 9.53 Å². The van der Waals surface area contributed by atoms with E-state index in [0.29, 0.717) is 0 Å². The van der Waals surface area contributed by atoms with Gasteiger partial charge in [-0.05, 0) is 24.1 Å². The van der Waals surface area contributed by atoms with E-state index in [-0.39, 0.29) is 17.9 Å². The second-order valence-electron chi connectivity index (χ2n) is 5.00. The third-order valence-electron chi connectivity index (χ3n) is 3.88. The maximum Gasteiger partial charge on any atom is 0.234 e. The van der Waals surface area contributed by atoms with Crippen molar-refractivity contribution in [2.75, 3.05) is 31.6 Å². The Labute approximate surface area is 107 Å². The lowest BCUT2D eigenvalue weighted by molar-refractivity contribution is -0.118. The van der Waals surface area contributed by atoms with Gasteiger partial charge in [0.1, 0.15) is 0 Å². The van der Waals surface area contributed by atoms with Crippen LogP contribution in [-0.4, -0.2) is 32.7 Å². The molecule has 0 radical (unpaired) electrons. The lowest BCUT2D eigenvalue weighted by Crippen LogP contribution is -2.33. The molecule has 1 saturated heterocycles. The highest BCUT2D eigenvalue weighted by atomic mass is 16.5. The molecule has 2 unspecified atom stereocenters. The topological polar surface area (TPSA) is 41.6 Å². The Morgan fingerprint density at radius 3 is 3.00 bits per heavy atom. The van der Waals surface area contributed by atoms with Crippen LogP contribution in [0.15, 0.2) is 18.2 Å². The van der Waals surface area contributed by atoms with Crippen LogP contribution in [0.3, 0.4) is 0 Å². The van der Waals surface area contributed by atoms with Crippen molar-refractivity contribution < 1.29 is 9.53 Å². The van der Waals surface area contributed by atoms with E-state index in [1.807, 2.05) is 20.0 Å². The molecule has 0 aromatic heterocycles. The number of hydrogen-bond acceptors (Lipinski definition) is 3. The standard InChI is InChI=1S/C14H18N2O2/c1-9-11-7-10(13-8-15-5-6-18-13)3-4-12(11)16(2)14(9)17/h3-4,7,9,13,15H,5-6,8H2,1-2H3. The van der Waals surface area contributed by atoms with Gasteiger partial charge in [0.15, 0.2) is 0 Å². The number of fused-ring (bicyclic) bond motifs is 1. The molecule has 1 amide bonds. The van der Waals surface area contributed by atoms with Gasteiger partial charge in [0, 0.05) is 25.8 Å². The Balaban J connectivity index is 1.94. The number of carbonyl (C=O) groups is 1. The first kappa shape index (κ1) is 11.7. The fourth-order valence-electron chi connectivity index (χ4n) is 2.75. The summed E-state index contributed by atoms with van der Waals surface area (Å²) in [5.41, 5.74) is 3.31. The van der Waals surface area contributed by atoms with E-state index in [9.17, 15) is 4.79 Å². The largest absolute Gasteiger partial charge is 0.371 e. The second kappa shape index (κ2) is 4.37. The molecule has 1 aromatic rings. The maximum atomic E-state index is 11.9. The van der Waals surface area contributed by atoms with E-state index in [4.69, 9.17) is 4.74 Å². The minimum Gasteiger partial charge on any atom is -0.371 e. The minimum atomic E-state index is -0.0403. The highest BCUT2D eigenvalue weighted by Gasteiger charge is 2.32. The Morgan fingerprint density at radius 2 is 2.28 bits per heavy atom. The Hall–Kier alpha value is -1.39. The van der Waals surface area contributed by atoms with E-state index in [2.05, 4.69) is 17.4 Å². The molecule has 0 aliphatic carbocycles. The van der Waals surface area contributed by atoms with Gasteiger partial charge < -0.3 is 15.0 Å². The number of likely N-dealkylation sites (N-methyl/N-ethyl adjacent to an activating group) is 1. The van der Waals surface area contributed by atoms with Gasteiger partial charge >= 0.3 is 0 Å². The molecular weight excluding hydrogens is 228 g/mol. The molecule has 4 nitrogen and oxygen atoms in total. The van der Waals surface area contributed by atoms with Crippen LogP contribution in [0, 0.1) is 0 Å². The average Bonchev–Trinajstić information content (AvgIpc) is 2.65. The van der Waals surface area contributed by atoms with E-state index in [1.54, 1.807) is 4.90 Å². The molecule has 1 aromatic carbocycles. The molecule has 0 saturated carbocycles. The molecule has 1 N–H and O–H groups in total. The molecule has 2 aliphatic heterocycles. The highest BCUT2D eigenvalue weighted by molar-refractivity contribution is 6.04. The lowest BCUT2D eigenvalue weighted by Gasteiger charge is -2.24. The molecule has 3 rings (SSSR count). The summed E-state index contributed by atoms with van der Waals surface area (Å²) in [6.07, 6.45) is 0.109. The second-order valence-corrected chi connectivity index (χ2v) is 5.00. The molecule has 2 heterocycles. The monoisotopic (exact) mass is 246 g/mol. The first-order valence-electron chi connectivity index (χ1n) is 6.42. The number of nitrogens with one attached hydrogen (secondary N) is 1. The van der Waals surface area contributed by atoms with Gasteiger partial charge in [-0.15, -0.1) is 0 Å². The SMILES string of the molecule is CC1C(=O)N(C)c2ccc(C3CNCCO3)cc21. The van der Waals surface area contributed by atoms with Crippen molar-refractivity contribution in [3.8, 4) is 0 Å². The Morgan fingerprint density at radius 1 is 1.44 bits per heavy atom. The van der Waals surface area contributed by atoms with E-state index >= 15 is 0 Å². The van der Waals surface area contributed by atoms with Crippen LogP contribution >= 0.6 is 0 Å². The van der Waals surface area contributed by atoms with Crippen LogP contribution in [0.5, 0.6) is 0 Å². The third kappa shape index (κ3) is 1.72. The Kier molecular flexibility index (Phi) is 2.84. The zero-order valence-electron chi connectivity index (χ0n) is 10.8. The minimum absolute atomic E-state index is 0.0403. The van der Waals surface area contributed by atoms with Crippen LogP contribution in [0.4, 0.5) is 5.69 Å². The van der Waals surface area contributed by atoms with Gasteiger partial charge in [-0.3, -0.25) is 4.79 Å². The van der Waals surface area contributed by atoms with E-state index < -0.39 is 0 Å². The molecular formula is C14H18N2O2. The zero-order chi connectivity index (χ0) is 12.7. The smallest absolute Gasteiger partial charge is 0.234 e. The van der Waals surface area contributed by atoms with Crippen molar-refractivity contribution in [2.45, 2.75) is 18.9 Å². The number of amides is 1. The van der Waals surface area contributed by atoms with Crippen LogP contribution in [0.25, 0.3) is 0 Å². The first-order chi connectivity index (χ1) is 8.68. The predicted octanol–water partition coefficient (Wildman–Crippen LogP) is 1.43. The number of anilines is 1. The normalized spacial score (nSPS) is 27.4. The van der Waals surface area contributed by atoms with Crippen molar-refractivity contribution in [1.29, 1.82) is 0 Å². The number of nitrogens with zero attached hydrogens (tertiary/aromatic N) is 1. The predicted molar refractivity (Wildman–Crippen MR) is 69.8 cm³/mol. The number of benzene rings is 1. The molecule has 0 bridgehead atoms. The number of ether oxygens (including phenoxy) is 1. The number of carbonyl (C=O) groups excluding carboxylic acids is 1. The molecule has 2 atom stereocenters. The van der Waals surface area contributed by atoms with Gasteiger partial charge in [-0.1, -0.05) is 12.1 Å². The summed E-state index contributed by atoms with van der Waals surface area (Å²) in [5.74, 6) is 0.131. The summed E-state index contributed by atoms with van der Waals surface area (Å²) in [6, 6.07) is 6.22. The van der Waals surface area contributed by atoms with Gasteiger partial charge in [0.2, 0.25) is 5.91 Å². The quantitative estimate of drug-likeness (QED) is 0.815. The average molecular weight is 246 g/mol. The van der Waals surface area contributed by atoms with E-state index in [0.717, 1.165) is 36.5 Å². The molecule has 4 heteroatoms. The molecule has 0 spiro atoms. The van der Waals surface area contributed by atoms with Crippen molar-refractivity contribution in [3.05, 3.63) is 29.3 Å². The molecule has 96 valence electrons. The van der Waals surface area contributed by atoms with Gasteiger partial charge in [-0.25, -0.2) is 0 Å². The maximum absolute atomic E-state index is 11.9. The fraction of sp³-hybridized carbons (Fsp3) is 0.500. The lowest BCUT2D eigenvalue weighted by atomic mass is 9.98. The van der Waals surface area contributed by atoms with Crippen molar-refractivity contribution in [1.82, 2.24) is 5.32 Å². The van der Waals surface area contributed by atoms with Gasteiger partial charge in [0.25, 0.3) is 0 Å². The zero-order valence-corrected chi connectivity index (χ0v) is 10.8.